The Morgan fingerprint density at radius 1 is 1.31 bits per heavy atom. The summed E-state index contributed by atoms with van der Waals surface area (Å²) in [7, 11) is 0. The third-order valence-electron chi connectivity index (χ3n) is 1.80. The van der Waals surface area contributed by atoms with Gasteiger partial charge in [0.15, 0.2) is 0 Å². The minimum Gasteiger partial charge on any atom is -0.288 e. The molecular formula is C9H2Br2Cl2OS2. The molecule has 2 rings (SSSR count). The van der Waals surface area contributed by atoms with E-state index in [9.17, 15) is 4.79 Å². The van der Waals surface area contributed by atoms with Gasteiger partial charge in [-0.15, -0.1) is 22.7 Å². The molecule has 0 N–H and O–H groups in total. The standard InChI is InChI=1S/C9H2Br2Cl2OS2/c10-4-2-15-8(6(4)11)7(14)3-1-5(12)16-9(3)13/h1-2H. The van der Waals surface area contributed by atoms with E-state index >= 15 is 0 Å². The van der Waals surface area contributed by atoms with Gasteiger partial charge in [-0.25, -0.2) is 0 Å². The highest BCUT2D eigenvalue weighted by molar-refractivity contribution is 9.13. The van der Waals surface area contributed by atoms with Crippen LogP contribution in [0.15, 0.2) is 20.4 Å². The summed E-state index contributed by atoms with van der Waals surface area (Å²) in [6.07, 6.45) is 0. The Kier molecular flexibility index (Phi) is 4.14. The third kappa shape index (κ3) is 2.40. The molecule has 0 aliphatic carbocycles. The topological polar surface area (TPSA) is 17.1 Å². The molecule has 1 nitrogen and oxygen atoms in total. The predicted octanol–water partition coefficient (Wildman–Crippen LogP) is 5.87. The molecule has 2 aromatic heterocycles. The van der Waals surface area contributed by atoms with Crippen LogP contribution < -0.4 is 0 Å². The fraction of sp³-hybridized carbons (Fsp3) is 0. The first-order chi connectivity index (χ1) is 7.50. The van der Waals surface area contributed by atoms with Gasteiger partial charge in [0, 0.05) is 9.85 Å². The maximum Gasteiger partial charge on any atom is 0.206 e. The van der Waals surface area contributed by atoms with Gasteiger partial charge in [0.05, 0.1) is 19.2 Å². The van der Waals surface area contributed by atoms with Gasteiger partial charge in [0.1, 0.15) is 4.34 Å². The molecule has 2 heterocycles. The van der Waals surface area contributed by atoms with Crippen molar-refractivity contribution >= 4 is 83.5 Å². The summed E-state index contributed by atoms with van der Waals surface area (Å²) in [5.41, 5.74) is 0.451. The highest BCUT2D eigenvalue weighted by atomic mass is 79.9. The summed E-state index contributed by atoms with van der Waals surface area (Å²) in [6, 6.07) is 1.59. The molecule has 0 radical (unpaired) electrons. The first-order valence-electron chi connectivity index (χ1n) is 3.92. The van der Waals surface area contributed by atoms with Crippen LogP contribution >= 0.6 is 77.7 Å². The van der Waals surface area contributed by atoms with Gasteiger partial charge < -0.3 is 0 Å². The Balaban J connectivity index is 2.47. The van der Waals surface area contributed by atoms with Crippen LogP contribution in [0, 0.1) is 0 Å². The second-order valence-electron chi connectivity index (χ2n) is 2.79. The summed E-state index contributed by atoms with van der Waals surface area (Å²) in [4.78, 5) is 12.8. The number of carbonyl (C=O) groups is 1. The number of carbonyl (C=O) groups excluding carboxylic acids is 1. The van der Waals surface area contributed by atoms with Crippen LogP contribution in [-0.4, -0.2) is 5.78 Å². The van der Waals surface area contributed by atoms with Crippen molar-refractivity contribution in [1.82, 2.24) is 0 Å². The fourth-order valence-electron chi connectivity index (χ4n) is 1.09. The zero-order valence-electron chi connectivity index (χ0n) is 7.39. The smallest absolute Gasteiger partial charge is 0.206 e. The number of thiophene rings is 2. The van der Waals surface area contributed by atoms with E-state index < -0.39 is 0 Å². The Morgan fingerprint density at radius 3 is 2.44 bits per heavy atom. The van der Waals surface area contributed by atoms with Gasteiger partial charge in [-0.3, -0.25) is 4.79 Å². The highest BCUT2D eigenvalue weighted by Crippen LogP contribution is 2.38. The molecular weight excluding hydrogens is 419 g/mol. The summed E-state index contributed by atoms with van der Waals surface area (Å²) >= 11 is 21.0. The van der Waals surface area contributed by atoms with Crippen molar-refractivity contribution in [3.05, 3.63) is 39.5 Å². The van der Waals surface area contributed by atoms with Crippen molar-refractivity contribution in [3.63, 3.8) is 0 Å². The zero-order chi connectivity index (χ0) is 11.9. The monoisotopic (exact) mass is 418 g/mol. The zero-order valence-corrected chi connectivity index (χ0v) is 13.7. The van der Waals surface area contributed by atoms with Gasteiger partial charge in [0.25, 0.3) is 0 Å². The van der Waals surface area contributed by atoms with Crippen LogP contribution in [0.3, 0.4) is 0 Å². The molecule has 84 valence electrons. The quantitative estimate of drug-likeness (QED) is 0.555. The number of halogens is 4. The molecule has 0 saturated carbocycles. The van der Waals surface area contributed by atoms with E-state index in [1.807, 2.05) is 5.38 Å². The van der Waals surface area contributed by atoms with Crippen LogP contribution in [-0.2, 0) is 0 Å². The number of ketones is 1. The predicted molar refractivity (Wildman–Crippen MR) is 77.5 cm³/mol. The number of rotatable bonds is 2. The lowest BCUT2D eigenvalue weighted by molar-refractivity contribution is 0.104. The minimum atomic E-state index is -0.115. The van der Waals surface area contributed by atoms with Crippen LogP contribution in [0.2, 0.25) is 8.67 Å². The molecule has 0 amide bonds. The molecule has 16 heavy (non-hydrogen) atoms. The Hall–Kier alpha value is 0.610. The van der Waals surface area contributed by atoms with Crippen LogP contribution in [0.1, 0.15) is 15.2 Å². The minimum absolute atomic E-state index is 0.115. The maximum absolute atomic E-state index is 12.1. The van der Waals surface area contributed by atoms with Gasteiger partial charge in [-0.1, -0.05) is 23.2 Å². The van der Waals surface area contributed by atoms with E-state index in [2.05, 4.69) is 31.9 Å². The van der Waals surface area contributed by atoms with Crippen molar-refractivity contribution in [3.8, 4) is 0 Å². The molecule has 0 unspecified atom stereocenters. The number of hydrogen-bond donors (Lipinski definition) is 0. The SMILES string of the molecule is O=C(c1cc(Cl)sc1Cl)c1scc(Br)c1Br. The van der Waals surface area contributed by atoms with Crippen molar-refractivity contribution in [2.75, 3.05) is 0 Å². The molecule has 0 atom stereocenters. The molecule has 2 aromatic rings. The normalized spacial score (nSPS) is 10.8. The van der Waals surface area contributed by atoms with E-state index in [0.29, 0.717) is 19.1 Å². The van der Waals surface area contributed by atoms with Crippen molar-refractivity contribution in [1.29, 1.82) is 0 Å². The number of hydrogen-bond acceptors (Lipinski definition) is 3. The van der Waals surface area contributed by atoms with E-state index in [4.69, 9.17) is 23.2 Å². The molecule has 0 spiro atoms. The highest BCUT2D eigenvalue weighted by Gasteiger charge is 2.21. The summed E-state index contributed by atoms with van der Waals surface area (Å²) in [5.74, 6) is -0.115. The van der Waals surface area contributed by atoms with Crippen molar-refractivity contribution in [2.24, 2.45) is 0 Å². The summed E-state index contributed by atoms with van der Waals surface area (Å²) in [6.45, 7) is 0. The molecule has 0 bridgehead atoms. The van der Waals surface area contributed by atoms with Crippen LogP contribution in [0.5, 0.6) is 0 Å². The molecule has 0 fully saturated rings. The van der Waals surface area contributed by atoms with Gasteiger partial charge in [-0.05, 0) is 37.9 Å². The van der Waals surface area contributed by atoms with Gasteiger partial charge >= 0.3 is 0 Å². The van der Waals surface area contributed by atoms with Crippen molar-refractivity contribution in [2.45, 2.75) is 0 Å². The average molecular weight is 421 g/mol. The lowest BCUT2D eigenvalue weighted by Gasteiger charge is -1.96. The first kappa shape index (κ1) is 13.1. The Bertz CT molecular complexity index is 558. The maximum atomic E-state index is 12.1. The van der Waals surface area contributed by atoms with Crippen LogP contribution in [0.25, 0.3) is 0 Å². The molecule has 0 saturated heterocycles. The fourth-order valence-corrected chi connectivity index (χ4v) is 4.66. The van der Waals surface area contributed by atoms with Gasteiger partial charge in [-0.2, -0.15) is 0 Å². The third-order valence-corrected chi connectivity index (χ3v) is 6.81. The molecule has 7 heteroatoms. The second-order valence-corrected chi connectivity index (χ2v) is 7.61. The largest absolute Gasteiger partial charge is 0.288 e. The summed E-state index contributed by atoms with van der Waals surface area (Å²) in [5, 5.41) is 1.85. The Morgan fingerprint density at radius 2 is 2.00 bits per heavy atom. The van der Waals surface area contributed by atoms with E-state index in [1.54, 1.807) is 6.07 Å². The molecule has 0 aliphatic heterocycles. The van der Waals surface area contributed by atoms with Gasteiger partial charge in [0.2, 0.25) is 5.78 Å². The summed E-state index contributed by atoms with van der Waals surface area (Å²) < 4.78 is 2.55. The molecule has 0 aromatic carbocycles. The van der Waals surface area contributed by atoms with Crippen LogP contribution in [0.4, 0.5) is 0 Å². The van der Waals surface area contributed by atoms with Crippen molar-refractivity contribution < 1.29 is 4.79 Å². The lowest BCUT2D eigenvalue weighted by atomic mass is 10.2. The lowest BCUT2D eigenvalue weighted by Crippen LogP contribution is -1.97. The van der Waals surface area contributed by atoms with E-state index in [-0.39, 0.29) is 5.78 Å². The Labute approximate surface area is 127 Å². The molecule has 0 aliphatic rings. The van der Waals surface area contributed by atoms with E-state index in [0.717, 1.165) is 8.95 Å². The first-order valence-corrected chi connectivity index (χ1v) is 7.96. The second kappa shape index (κ2) is 5.08. The average Bonchev–Trinajstić information content (AvgIpc) is 2.71. The van der Waals surface area contributed by atoms with E-state index in [1.165, 1.54) is 22.7 Å².